The van der Waals surface area contributed by atoms with Crippen LogP contribution in [0.25, 0.3) is 11.2 Å². The number of hydrogen-bond donors (Lipinski definition) is 3. The van der Waals surface area contributed by atoms with Crippen molar-refractivity contribution >= 4 is 17.0 Å². The van der Waals surface area contributed by atoms with E-state index in [2.05, 4.69) is 21.5 Å². The number of nitrogens with two attached hydrogens (primary N) is 1. The average Bonchev–Trinajstić information content (AvgIpc) is 2.95. The summed E-state index contributed by atoms with van der Waals surface area (Å²) in [6, 6.07) is -0.540. The molecule has 2 aromatic heterocycles. The number of aromatic nitrogens is 4. The van der Waals surface area contributed by atoms with E-state index in [4.69, 9.17) is 5.73 Å². The third-order valence-corrected chi connectivity index (χ3v) is 3.86. The summed E-state index contributed by atoms with van der Waals surface area (Å²) in [5.41, 5.74) is 4.44. The molecule has 1 saturated carbocycles. The first-order valence-electron chi connectivity index (χ1n) is 6.09. The number of hydrogen-bond acceptors (Lipinski definition) is 6. The molecule has 2 aromatic rings. The van der Waals surface area contributed by atoms with Crippen molar-refractivity contribution in [2.45, 2.75) is 24.2 Å². The Labute approximate surface area is 113 Å². The van der Waals surface area contributed by atoms with Gasteiger partial charge in [-0.15, -0.1) is 0 Å². The number of halogens is 1. The maximum atomic E-state index is 14.5. The fraction of sp³-hybridized carbons (Fsp3) is 0.417. The van der Waals surface area contributed by atoms with Crippen LogP contribution < -0.4 is 5.73 Å². The maximum Gasteiger partial charge on any atom is 0.182 e. The Morgan fingerprint density at radius 3 is 2.90 bits per heavy atom. The van der Waals surface area contributed by atoms with Crippen molar-refractivity contribution in [2.24, 2.45) is 0 Å². The smallest absolute Gasteiger partial charge is 0.182 e. The fourth-order valence-corrected chi connectivity index (χ4v) is 2.62. The second-order valence-electron chi connectivity index (χ2n) is 4.90. The number of aliphatic hydroxyl groups is 2. The van der Waals surface area contributed by atoms with Gasteiger partial charge in [0.15, 0.2) is 17.1 Å². The highest BCUT2D eigenvalue weighted by Gasteiger charge is 2.51. The van der Waals surface area contributed by atoms with Crippen molar-refractivity contribution in [3.05, 3.63) is 24.8 Å². The van der Waals surface area contributed by atoms with Gasteiger partial charge in [-0.1, -0.05) is 6.58 Å². The van der Waals surface area contributed by atoms with Gasteiger partial charge in [0.05, 0.1) is 25.1 Å². The summed E-state index contributed by atoms with van der Waals surface area (Å²) in [4.78, 5) is 12.0. The molecule has 1 aliphatic rings. The van der Waals surface area contributed by atoms with Crippen LogP contribution in [0.4, 0.5) is 10.2 Å². The van der Waals surface area contributed by atoms with E-state index in [1.54, 1.807) is 4.57 Å². The van der Waals surface area contributed by atoms with Gasteiger partial charge in [0.1, 0.15) is 11.8 Å². The van der Waals surface area contributed by atoms with Crippen molar-refractivity contribution in [1.29, 1.82) is 0 Å². The minimum absolute atomic E-state index is 0.0886. The van der Waals surface area contributed by atoms with Crippen LogP contribution in [0.1, 0.15) is 12.5 Å². The van der Waals surface area contributed by atoms with Crippen molar-refractivity contribution in [2.75, 3.05) is 12.3 Å². The molecule has 0 aliphatic heterocycles. The van der Waals surface area contributed by atoms with E-state index in [0.717, 1.165) is 0 Å². The zero-order valence-electron chi connectivity index (χ0n) is 10.6. The summed E-state index contributed by atoms with van der Waals surface area (Å²) < 4.78 is 16.1. The predicted octanol–water partition coefficient (Wildman–Crippen LogP) is -0.0290. The van der Waals surface area contributed by atoms with Crippen molar-refractivity contribution in [3.63, 3.8) is 0 Å². The molecule has 0 amide bonds. The Balaban J connectivity index is 2.09. The molecule has 2 heterocycles. The molecule has 0 saturated heterocycles. The topological polar surface area (TPSA) is 110 Å². The highest BCUT2D eigenvalue weighted by atomic mass is 19.1. The number of rotatable bonds is 2. The predicted molar refractivity (Wildman–Crippen MR) is 69.5 cm³/mol. The van der Waals surface area contributed by atoms with Gasteiger partial charge in [0, 0.05) is 6.42 Å². The molecule has 3 rings (SSSR count). The van der Waals surface area contributed by atoms with Gasteiger partial charge in [0.2, 0.25) is 0 Å². The minimum Gasteiger partial charge on any atom is -0.393 e. The van der Waals surface area contributed by atoms with Crippen LogP contribution in [0.3, 0.4) is 0 Å². The Bertz CT molecular complexity index is 688. The summed E-state index contributed by atoms with van der Waals surface area (Å²) in [5, 5.41) is 19.0. The summed E-state index contributed by atoms with van der Waals surface area (Å²) in [6.45, 7) is 2.86. The number of aliphatic hydroxyl groups excluding tert-OH is 2. The normalized spacial score (nSPS) is 30.2. The van der Waals surface area contributed by atoms with E-state index in [0.29, 0.717) is 11.2 Å². The summed E-state index contributed by atoms with van der Waals surface area (Å²) >= 11 is 0. The molecule has 0 spiro atoms. The van der Waals surface area contributed by atoms with E-state index in [-0.39, 0.29) is 17.8 Å². The molecule has 0 bridgehead atoms. The van der Waals surface area contributed by atoms with Gasteiger partial charge in [0.25, 0.3) is 0 Å². The Kier molecular flexibility index (Phi) is 2.73. The summed E-state index contributed by atoms with van der Waals surface area (Å²) in [7, 11) is 0. The van der Waals surface area contributed by atoms with Crippen LogP contribution in [-0.4, -0.2) is 48.1 Å². The van der Waals surface area contributed by atoms with Crippen LogP contribution in [-0.2, 0) is 0 Å². The Morgan fingerprint density at radius 2 is 2.25 bits per heavy atom. The van der Waals surface area contributed by atoms with Gasteiger partial charge in [-0.2, -0.15) is 0 Å². The number of imidazole rings is 1. The van der Waals surface area contributed by atoms with Gasteiger partial charge in [-0.25, -0.2) is 19.3 Å². The van der Waals surface area contributed by atoms with Gasteiger partial charge in [-0.05, 0) is 5.57 Å². The molecule has 4 N–H and O–H groups in total. The van der Waals surface area contributed by atoms with Gasteiger partial charge < -0.3 is 20.5 Å². The molecule has 1 aliphatic carbocycles. The minimum atomic E-state index is -2.21. The van der Waals surface area contributed by atoms with Crippen molar-refractivity contribution in [1.82, 2.24) is 19.5 Å². The van der Waals surface area contributed by atoms with E-state index in [9.17, 15) is 14.6 Å². The second kappa shape index (κ2) is 4.22. The molecule has 0 radical (unpaired) electrons. The lowest BCUT2D eigenvalue weighted by atomic mass is 9.99. The van der Waals surface area contributed by atoms with E-state index >= 15 is 0 Å². The first-order chi connectivity index (χ1) is 9.49. The third-order valence-electron chi connectivity index (χ3n) is 3.86. The van der Waals surface area contributed by atoms with Gasteiger partial charge >= 0.3 is 0 Å². The fourth-order valence-electron chi connectivity index (χ4n) is 2.62. The third kappa shape index (κ3) is 1.55. The van der Waals surface area contributed by atoms with E-state index in [1.165, 1.54) is 12.7 Å². The molecule has 1 fully saturated rings. The first kappa shape index (κ1) is 12.9. The van der Waals surface area contributed by atoms with Crippen molar-refractivity contribution < 1.29 is 14.6 Å². The maximum absolute atomic E-state index is 14.5. The summed E-state index contributed by atoms with van der Waals surface area (Å²) in [5.74, 6) is 0.228. The number of anilines is 1. The second-order valence-corrected chi connectivity index (χ2v) is 4.90. The molecule has 7 nitrogen and oxygen atoms in total. The van der Waals surface area contributed by atoms with E-state index in [1.807, 2.05) is 0 Å². The first-order valence-corrected chi connectivity index (χ1v) is 6.09. The Hall–Kier alpha value is -2.06. The Morgan fingerprint density at radius 1 is 1.50 bits per heavy atom. The van der Waals surface area contributed by atoms with Gasteiger partial charge in [-0.3, -0.25) is 0 Å². The molecule has 20 heavy (non-hydrogen) atoms. The summed E-state index contributed by atoms with van der Waals surface area (Å²) in [6.07, 6.45) is 1.52. The number of nitrogens with zero attached hydrogens (tertiary/aromatic N) is 4. The highest BCUT2D eigenvalue weighted by Crippen LogP contribution is 2.45. The SMILES string of the molecule is C=C1C(n2cnc3c(N)ncnc32)C[C@H](O)[C@]1(F)CO. The average molecular weight is 279 g/mol. The van der Waals surface area contributed by atoms with Crippen LogP contribution in [0.15, 0.2) is 24.8 Å². The largest absolute Gasteiger partial charge is 0.393 e. The molecular formula is C12H14FN5O2. The molecule has 8 heteroatoms. The molecule has 3 atom stereocenters. The van der Waals surface area contributed by atoms with Crippen LogP contribution in [0, 0.1) is 0 Å². The highest BCUT2D eigenvalue weighted by molar-refractivity contribution is 5.81. The van der Waals surface area contributed by atoms with Crippen LogP contribution in [0.5, 0.6) is 0 Å². The molecule has 0 aromatic carbocycles. The molecular weight excluding hydrogens is 265 g/mol. The lowest BCUT2D eigenvalue weighted by Gasteiger charge is -2.22. The molecule has 1 unspecified atom stereocenters. The quantitative estimate of drug-likeness (QED) is 0.666. The zero-order valence-corrected chi connectivity index (χ0v) is 10.6. The number of alkyl halides is 1. The monoisotopic (exact) mass is 279 g/mol. The number of nitrogen functional groups attached to an aromatic ring is 1. The lowest BCUT2D eigenvalue weighted by molar-refractivity contribution is -0.00222. The van der Waals surface area contributed by atoms with E-state index < -0.39 is 24.4 Å². The standard InChI is InChI=1S/C12H14FN5O2/c1-6-7(2-8(20)12(6,13)3-19)18-5-17-9-10(14)15-4-16-11(9)18/h4-5,7-8,19-20H,1-3H2,(H2,14,15,16)/t7?,8-,12-/m0/s1. The van der Waals surface area contributed by atoms with Crippen LogP contribution >= 0.6 is 0 Å². The van der Waals surface area contributed by atoms with Crippen molar-refractivity contribution in [3.8, 4) is 0 Å². The van der Waals surface area contributed by atoms with Crippen LogP contribution in [0.2, 0.25) is 0 Å². The number of fused-ring (bicyclic) bond motifs is 1. The lowest BCUT2D eigenvalue weighted by Crippen LogP contribution is -2.37. The molecule has 106 valence electrons. The zero-order chi connectivity index (χ0) is 14.5.